The highest BCUT2D eigenvalue weighted by atomic mass is 32.1. The van der Waals surface area contributed by atoms with Gasteiger partial charge in [-0.2, -0.15) is 12.6 Å². The van der Waals surface area contributed by atoms with Gasteiger partial charge in [-0.05, 0) is 32.2 Å². The van der Waals surface area contributed by atoms with Gasteiger partial charge in [0, 0.05) is 12.2 Å². The Morgan fingerprint density at radius 2 is 1.27 bits per heavy atom. The van der Waals surface area contributed by atoms with Crippen LogP contribution in [0.3, 0.4) is 0 Å². The molecule has 15 heteroatoms. The van der Waals surface area contributed by atoms with E-state index in [9.17, 15) is 28.8 Å². The quantitative estimate of drug-likeness (QED) is 0.0741. The molecular weight excluding hydrogens is 462 g/mol. The predicted molar refractivity (Wildman–Crippen MR) is 117 cm³/mol. The molecule has 0 heterocycles. The average molecular weight is 494 g/mol. The number of carbonyl (C=O) groups is 6. The molecule has 0 radical (unpaired) electrons. The summed E-state index contributed by atoms with van der Waals surface area (Å²) < 4.78 is 0. The fourth-order valence-electron chi connectivity index (χ4n) is 2.59. The molecule has 0 aromatic heterocycles. The summed E-state index contributed by atoms with van der Waals surface area (Å²) in [5.74, 6) is -6.86. The van der Waals surface area contributed by atoms with Crippen molar-refractivity contribution in [1.82, 2.24) is 16.0 Å². The van der Waals surface area contributed by atoms with Gasteiger partial charge in [-0.15, -0.1) is 0 Å². The van der Waals surface area contributed by atoms with E-state index in [1.165, 1.54) is 0 Å². The molecule has 33 heavy (non-hydrogen) atoms. The van der Waals surface area contributed by atoms with E-state index in [4.69, 9.17) is 26.8 Å². The van der Waals surface area contributed by atoms with E-state index in [2.05, 4.69) is 28.6 Å². The first kappa shape index (κ1) is 30.1. The van der Waals surface area contributed by atoms with E-state index < -0.39 is 72.6 Å². The Hall–Kier alpha value is -2.91. The Morgan fingerprint density at radius 3 is 1.73 bits per heavy atom. The number of hydrogen-bond donors (Lipinski definition) is 9. The molecule has 10 N–H and O–H groups in total. The van der Waals surface area contributed by atoms with Gasteiger partial charge in [-0.1, -0.05) is 0 Å². The molecule has 0 saturated heterocycles. The number of aliphatic carboxylic acids is 3. The lowest BCUT2D eigenvalue weighted by Gasteiger charge is -2.24. The Labute approximate surface area is 195 Å². The van der Waals surface area contributed by atoms with Crippen LogP contribution in [0.1, 0.15) is 38.5 Å². The second kappa shape index (κ2) is 15.8. The van der Waals surface area contributed by atoms with Crippen molar-refractivity contribution in [1.29, 1.82) is 0 Å². The van der Waals surface area contributed by atoms with E-state index in [0.717, 1.165) is 0 Å². The molecule has 0 aliphatic carbocycles. The largest absolute Gasteiger partial charge is 0.481 e. The number of carboxylic acid groups (broad SMARTS) is 3. The summed E-state index contributed by atoms with van der Waals surface area (Å²) >= 11 is 3.86. The van der Waals surface area contributed by atoms with Gasteiger partial charge in [-0.25, -0.2) is 4.79 Å². The van der Waals surface area contributed by atoms with Crippen molar-refractivity contribution in [2.45, 2.75) is 62.7 Å². The van der Waals surface area contributed by atoms with Crippen LogP contribution in [0.5, 0.6) is 0 Å². The maximum atomic E-state index is 12.8. The van der Waals surface area contributed by atoms with Crippen LogP contribution < -0.4 is 27.4 Å². The number of rotatable bonds is 17. The number of unbranched alkanes of at least 4 members (excludes halogenated alkanes) is 1. The fourth-order valence-corrected chi connectivity index (χ4v) is 2.84. The van der Waals surface area contributed by atoms with Gasteiger partial charge < -0.3 is 42.7 Å². The zero-order valence-electron chi connectivity index (χ0n) is 17.9. The summed E-state index contributed by atoms with van der Waals surface area (Å²) in [6.07, 6.45) is -0.591. The van der Waals surface area contributed by atoms with Crippen LogP contribution >= 0.6 is 12.6 Å². The van der Waals surface area contributed by atoms with Crippen molar-refractivity contribution in [3.63, 3.8) is 0 Å². The fraction of sp³-hybridized carbons (Fsp3) is 0.667. The molecule has 0 aliphatic rings. The molecule has 188 valence electrons. The zero-order valence-corrected chi connectivity index (χ0v) is 18.8. The van der Waals surface area contributed by atoms with E-state index in [1.807, 2.05) is 0 Å². The van der Waals surface area contributed by atoms with Gasteiger partial charge in [-0.3, -0.25) is 24.0 Å². The van der Waals surface area contributed by atoms with Crippen LogP contribution in [-0.2, 0) is 28.8 Å². The number of carbonyl (C=O) groups excluding carboxylic acids is 3. The second-order valence-electron chi connectivity index (χ2n) is 7.13. The maximum absolute atomic E-state index is 12.8. The monoisotopic (exact) mass is 493 g/mol. The first-order chi connectivity index (χ1) is 15.4. The molecule has 3 amide bonds. The van der Waals surface area contributed by atoms with Crippen molar-refractivity contribution in [2.24, 2.45) is 11.5 Å². The first-order valence-corrected chi connectivity index (χ1v) is 10.7. The van der Waals surface area contributed by atoms with Gasteiger partial charge in [0.1, 0.15) is 18.1 Å². The van der Waals surface area contributed by atoms with E-state index in [-0.39, 0.29) is 18.6 Å². The van der Waals surface area contributed by atoms with Crippen molar-refractivity contribution in [3.05, 3.63) is 0 Å². The number of thiol groups is 1. The summed E-state index contributed by atoms with van der Waals surface area (Å²) in [5.41, 5.74) is 10.9. The van der Waals surface area contributed by atoms with Crippen LogP contribution in [0.4, 0.5) is 0 Å². The van der Waals surface area contributed by atoms with Gasteiger partial charge in [0.15, 0.2) is 0 Å². The normalized spacial score (nSPS) is 14.3. The molecule has 0 aromatic rings. The minimum atomic E-state index is -1.49. The SMILES string of the molecule is NCCCCC(NC(=O)C(CCC(=O)O)NC(=O)C(N)CC(=O)O)C(=O)NC(CS)C(=O)O. The Balaban J connectivity index is 5.49. The summed E-state index contributed by atoms with van der Waals surface area (Å²) in [7, 11) is 0. The third kappa shape index (κ3) is 12.6. The number of carboxylic acids is 3. The smallest absolute Gasteiger partial charge is 0.327 e. The summed E-state index contributed by atoms with van der Waals surface area (Å²) in [6.45, 7) is 0.315. The molecule has 0 fully saturated rings. The van der Waals surface area contributed by atoms with Crippen molar-refractivity contribution >= 4 is 48.3 Å². The van der Waals surface area contributed by atoms with Gasteiger partial charge in [0.25, 0.3) is 0 Å². The first-order valence-electron chi connectivity index (χ1n) is 10.1. The lowest BCUT2D eigenvalue weighted by Crippen LogP contribution is -2.57. The molecular formula is C18H31N5O9S. The standard InChI is InChI=1S/C18H31N5O9S/c19-6-2-1-3-10(16(29)23-12(8-33)18(31)32)22-17(30)11(4-5-13(24)25)21-15(28)9(20)7-14(26)27/h9-12,33H,1-8,19-20H2,(H,21,28)(H,22,30)(H,23,29)(H,24,25)(H,26,27)(H,31,32). The molecule has 0 spiro atoms. The minimum Gasteiger partial charge on any atom is -0.481 e. The Kier molecular flexibility index (Phi) is 14.4. The molecule has 14 nitrogen and oxygen atoms in total. The third-order valence-corrected chi connectivity index (χ3v) is 4.75. The lowest BCUT2D eigenvalue weighted by molar-refractivity contribution is -0.141. The van der Waals surface area contributed by atoms with Crippen LogP contribution in [0.2, 0.25) is 0 Å². The Bertz CT molecular complexity index is 721. The number of amides is 3. The zero-order chi connectivity index (χ0) is 25.6. The van der Waals surface area contributed by atoms with Crippen LogP contribution in [-0.4, -0.2) is 87.4 Å². The summed E-state index contributed by atoms with van der Waals surface area (Å²) in [6, 6.07) is -5.44. The molecule has 0 rings (SSSR count). The predicted octanol–water partition coefficient (Wildman–Crippen LogP) is -2.75. The lowest BCUT2D eigenvalue weighted by atomic mass is 10.1. The van der Waals surface area contributed by atoms with Crippen LogP contribution in [0.25, 0.3) is 0 Å². The topological polar surface area (TPSA) is 251 Å². The van der Waals surface area contributed by atoms with Gasteiger partial charge in [0.05, 0.1) is 12.5 Å². The van der Waals surface area contributed by atoms with Crippen LogP contribution in [0.15, 0.2) is 0 Å². The molecule has 0 aromatic carbocycles. The van der Waals surface area contributed by atoms with E-state index >= 15 is 0 Å². The number of hydrogen-bond acceptors (Lipinski definition) is 9. The highest BCUT2D eigenvalue weighted by molar-refractivity contribution is 7.80. The van der Waals surface area contributed by atoms with E-state index in [1.54, 1.807) is 0 Å². The highest BCUT2D eigenvalue weighted by Crippen LogP contribution is 2.06. The molecule has 0 saturated carbocycles. The van der Waals surface area contributed by atoms with Gasteiger partial charge >= 0.3 is 17.9 Å². The minimum absolute atomic E-state index is 0.0891. The van der Waals surface area contributed by atoms with E-state index in [0.29, 0.717) is 19.4 Å². The number of nitrogens with one attached hydrogen (secondary N) is 3. The van der Waals surface area contributed by atoms with Crippen LogP contribution in [0, 0.1) is 0 Å². The average Bonchev–Trinajstić information content (AvgIpc) is 2.72. The molecule has 0 aliphatic heterocycles. The molecule has 4 atom stereocenters. The third-order valence-electron chi connectivity index (χ3n) is 4.39. The highest BCUT2D eigenvalue weighted by Gasteiger charge is 2.30. The van der Waals surface area contributed by atoms with Crippen molar-refractivity contribution in [3.8, 4) is 0 Å². The molecule has 4 unspecified atom stereocenters. The molecule has 0 bridgehead atoms. The second-order valence-corrected chi connectivity index (χ2v) is 7.49. The Morgan fingerprint density at radius 1 is 0.758 bits per heavy atom. The maximum Gasteiger partial charge on any atom is 0.327 e. The number of nitrogens with two attached hydrogens (primary N) is 2. The van der Waals surface area contributed by atoms with Crippen molar-refractivity contribution < 1.29 is 44.1 Å². The van der Waals surface area contributed by atoms with Crippen molar-refractivity contribution in [2.75, 3.05) is 12.3 Å². The van der Waals surface area contributed by atoms with Gasteiger partial charge in [0.2, 0.25) is 17.7 Å². The summed E-state index contributed by atoms with van der Waals surface area (Å²) in [5, 5.41) is 33.6. The summed E-state index contributed by atoms with van der Waals surface area (Å²) in [4.78, 5) is 70.3.